The zero-order valence-corrected chi connectivity index (χ0v) is 14.9. The molecule has 0 aromatic carbocycles. The molecule has 0 atom stereocenters. The number of anilines is 2. The molecule has 1 saturated heterocycles. The molecule has 2 aliphatic rings. The van der Waals surface area contributed by atoms with Crippen LogP contribution in [-0.4, -0.2) is 48.1 Å². The zero-order valence-electron chi connectivity index (χ0n) is 14.1. The number of piperidine rings is 1. The first kappa shape index (κ1) is 16.3. The van der Waals surface area contributed by atoms with Crippen LogP contribution in [-0.2, 0) is 0 Å². The number of aromatic nitrogens is 2. The van der Waals surface area contributed by atoms with E-state index in [0.717, 1.165) is 73.7 Å². The van der Waals surface area contributed by atoms with Crippen molar-refractivity contribution >= 4 is 28.2 Å². The van der Waals surface area contributed by atoms with Crippen molar-refractivity contribution in [1.29, 1.82) is 0 Å². The number of hydrogen-bond acceptors (Lipinski definition) is 8. The fourth-order valence-electron chi connectivity index (χ4n) is 3.04. The first-order chi connectivity index (χ1) is 12.3. The standard InChI is InChI=1S/C17H23N7S/c18-12-5-9-24(10-6-12)15-4-1-3-13(21-15)14-11-25-17(22-14)23-16-19-7-2-8-20-16/h1,3-4,11-12H,2,5-10,18H2,(H2,19,20,22,23). The lowest BCUT2D eigenvalue weighted by Crippen LogP contribution is -2.40. The predicted molar refractivity (Wildman–Crippen MR) is 103 cm³/mol. The van der Waals surface area contributed by atoms with Crippen molar-refractivity contribution in [2.24, 2.45) is 10.7 Å². The molecule has 4 heterocycles. The van der Waals surface area contributed by atoms with Crippen molar-refractivity contribution in [3.63, 3.8) is 0 Å². The Hall–Kier alpha value is -2.19. The molecule has 1 fully saturated rings. The molecule has 0 aliphatic carbocycles. The van der Waals surface area contributed by atoms with Crippen molar-refractivity contribution < 1.29 is 0 Å². The Balaban J connectivity index is 1.48. The van der Waals surface area contributed by atoms with Crippen LogP contribution >= 0.6 is 11.3 Å². The van der Waals surface area contributed by atoms with Crippen LogP contribution in [0.5, 0.6) is 0 Å². The summed E-state index contributed by atoms with van der Waals surface area (Å²) in [4.78, 5) is 16.2. The van der Waals surface area contributed by atoms with Crippen LogP contribution in [0.2, 0.25) is 0 Å². The molecule has 4 rings (SSSR count). The average molecular weight is 357 g/mol. The number of nitrogens with two attached hydrogens (primary N) is 1. The van der Waals surface area contributed by atoms with E-state index in [2.05, 4.69) is 31.6 Å². The molecule has 0 saturated carbocycles. The summed E-state index contributed by atoms with van der Waals surface area (Å²) in [5, 5.41) is 9.36. The number of thiazole rings is 1. The molecule has 25 heavy (non-hydrogen) atoms. The third-order valence-corrected chi connectivity index (χ3v) is 5.24. The van der Waals surface area contributed by atoms with E-state index in [4.69, 9.17) is 10.7 Å². The van der Waals surface area contributed by atoms with Gasteiger partial charge in [-0.3, -0.25) is 4.99 Å². The lowest BCUT2D eigenvalue weighted by atomic mass is 10.1. The van der Waals surface area contributed by atoms with Crippen LogP contribution in [0, 0.1) is 0 Å². The fourth-order valence-corrected chi connectivity index (χ4v) is 3.74. The van der Waals surface area contributed by atoms with Gasteiger partial charge in [0.1, 0.15) is 11.5 Å². The molecule has 2 aliphatic heterocycles. The summed E-state index contributed by atoms with van der Waals surface area (Å²) in [6, 6.07) is 6.44. The lowest BCUT2D eigenvalue weighted by Gasteiger charge is -2.31. The summed E-state index contributed by atoms with van der Waals surface area (Å²) >= 11 is 1.57. The van der Waals surface area contributed by atoms with E-state index in [9.17, 15) is 0 Å². The van der Waals surface area contributed by atoms with Gasteiger partial charge >= 0.3 is 0 Å². The normalized spacial score (nSPS) is 18.6. The molecule has 7 nitrogen and oxygen atoms in total. The molecule has 132 valence electrons. The van der Waals surface area contributed by atoms with Crippen LogP contribution in [0.3, 0.4) is 0 Å². The van der Waals surface area contributed by atoms with E-state index in [1.54, 1.807) is 11.3 Å². The molecule has 2 aromatic rings. The first-order valence-electron chi connectivity index (χ1n) is 8.77. The summed E-state index contributed by atoms with van der Waals surface area (Å²) < 4.78 is 0. The van der Waals surface area contributed by atoms with Crippen LogP contribution in [0.15, 0.2) is 28.6 Å². The third kappa shape index (κ3) is 3.91. The predicted octanol–water partition coefficient (Wildman–Crippen LogP) is 1.89. The minimum Gasteiger partial charge on any atom is -0.356 e. The number of hydrogen-bond donors (Lipinski definition) is 3. The van der Waals surface area contributed by atoms with Gasteiger partial charge in [-0.15, -0.1) is 11.3 Å². The Bertz CT molecular complexity index is 749. The minimum absolute atomic E-state index is 0.322. The van der Waals surface area contributed by atoms with Gasteiger partial charge in [0.15, 0.2) is 11.1 Å². The highest BCUT2D eigenvalue weighted by Crippen LogP contribution is 2.26. The maximum Gasteiger partial charge on any atom is 0.197 e. The minimum atomic E-state index is 0.322. The van der Waals surface area contributed by atoms with Gasteiger partial charge in [0.2, 0.25) is 0 Å². The highest BCUT2D eigenvalue weighted by molar-refractivity contribution is 7.14. The van der Waals surface area contributed by atoms with Gasteiger partial charge in [0, 0.05) is 37.6 Å². The van der Waals surface area contributed by atoms with E-state index < -0.39 is 0 Å². The topological polar surface area (TPSA) is 91.5 Å². The average Bonchev–Trinajstić information content (AvgIpc) is 3.12. The molecule has 0 amide bonds. The maximum atomic E-state index is 6.00. The zero-order chi connectivity index (χ0) is 17.1. The molecular formula is C17H23N7S. The van der Waals surface area contributed by atoms with Crippen LogP contribution in [0.1, 0.15) is 19.3 Å². The molecule has 0 radical (unpaired) electrons. The Morgan fingerprint density at radius 3 is 2.88 bits per heavy atom. The van der Waals surface area contributed by atoms with Crippen LogP contribution in [0.4, 0.5) is 10.9 Å². The molecular weight excluding hydrogens is 334 g/mol. The van der Waals surface area contributed by atoms with Crippen molar-refractivity contribution in [2.45, 2.75) is 25.3 Å². The summed E-state index contributed by atoms with van der Waals surface area (Å²) in [6.45, 7) is 3.74. The van der Waals surface area contributed by atoms with Gasteiger partial charge in [-0.25, -0.2) is 9.97 Å². The quantitative estimate of drug-likeness (QED) is 0.777. The number of nitrogens with one attached hydrogen (secondary N) is 2. The molecule has 4 N–H and O–H groups in total. The smallest absolute Gasteiger partial charge is 0.197 e. The van der Waals surface area contributed by atoms with Crippen LogP contribution < -0.4 is 21.3 Å². The number of pyridine rings is 1. The Morgan fingerprint density at radius 1 is 1.20 bits per heavy atom. The molecule has 0 bridgehead atoms. The summed E-state index contributed by atoms with van der Waals surface area (Å²) in [5.41, 5.74) is 7.78. The number of nitrogens with zero attached hydrogens (tertiary/aromatic N) is 4. The SMILES string of the molecule is NC1CCN(c2cccc(-c3csc(NC4=NCCCN4)n3)n2)CC1. The molecule has 0 spiro atoms. The van der Waals surface area contributed by atoms with E-state index in [1.165, 1.54) is 0 Å². The van der Waals surface area contributed by atoms with E-state index in [1.807, 2.05) is 17.5 Å². The van der Waals surface area contributed by atoms with Gasteiger partial charge in [-0.1, -0.05) is 6.07 Å². The largest absolute Gasteiger partial charge is 0.356 e. The number of aliphatic imine (C=N–C) groups is 1. The monoisotopic (exact) mass is 357 g/mol. The van der Waals surface area contributed by atoms with Crippen LogP contribution in [0.25, 0.3) is 11.4 Å². The van der Waals surface area contributed by atoms with Gasteiger partial charge in [-0.05, 0) is 31.4 Å². The second-order valence-electron chi connectivity index (χ2n) is 6.38. The molecule has 0 unspecified atom stereocenters. The summed E-state index contributed by atoms with van der Waals surface area (Å²) in [6.07, 6.45) is 3.12. The van der Waals surface area contributed by atoms with Crippen molar-refractivity contribution in [1.82, 2.24) is 15.3 Å². The maximum absolute atomic E-state index is 6.00. The fraction of sp³-hybridized carbons (Fsp3) is 0.471. The van der Waals surface area contributed by atoms with Gasteiger partial charge in [0.25, 0.3) is 0 Å². The first-order valence-corrected chi connectivity index (χ1v) is 9.65. The third-order valence-electron chi connectivity index (χ3n) is 4.49. The van der Waals surface area contributed by atoms with Crippen molar-refractivity contribution in [3.05, 3.63) is 23.6 Å². The number of guanidine groups is 1. The highest BCUT2D eigenvalue weighted by atomic mass is 32.1. The van der Waals surface area contributed by atoms with Gasteiger partial charge in [-0.2, -0.15) is 0 Å². The second kappa shape index (κ2) is 7.37. The van der Waals surface area contributed by atoms with Gasteiger partial charge < -0.3 is 21.3 Å². The molecule has 2 aromatic heterocycles. The van der Waals surface area contributed by atoms with Crippen molar-refractivity contribution in [2.75, 3.05) is 36.4 Å². The molecule has 8 heteroatoms. The Kier molecular flexibility index (Phi) is 4.80. The van der Waals surface area contributed by atoms with E-state index in [-0.39, 0.29) is 0 Å². The Labute approximate surface area is 151 Å². The number of rotatable bonds is 3. The van der Waals surface area contributed by atoms with E-state index in [0.29, 0.717) is 6.04 Å². The lowest BCUT2D eigenvalue weighted by molar-refractivity contribution is 0.499. The van der Waals surface area contributed by atoms with Gasteiger partial charge in [0.05, 0.1) is 5.69 Å². The van der Waals surface area contributed by atoms with Crippen molar-refractivity contribution in [3.8, 4) is 11.4 Å². The van der Waals surface area contributed by atoms with E-state index >= 15 is 0 Å². The Morgan fingerprint density at radius 2 is 2.08 bits per heavy atom. The summed E-state index contributed by atoms with van der Waals surface area (Å²) in [7, 11) is 0. The second-order valence-corrected chi connectivity index (χ2v) is 7.24. The highest BCUT2D eigenvalue weighted by Gasteiger charge is 2.18. The summed E-state index contributed by atoms with van der Waals surface area (Å²) in [5.74, 6) is 1.81.